The van der Waals surface area contributed by atoms with Crippen molar-refractivity contribution in [1.29, 1.82) is 0 Å². The largest absolute Gasteiger partial charge is 0.497 e. The molecule has 1 amide bonds. The van der Waals surface area contributed by atoms with E-state index >= 15 is 0 Å². The molecular weight excluding hydrogens is 386 g/mol. The third-order valence-corrected chi connectivity index (χ3v) is 5.16. The summed E-state index contributed by atoms with van der Waals surface area (Å²) in [5.74, 6) is -0.568. The van der Waals surface area contributed by atoms with Gasteiger partial charge in [0.05, 0.1) is 12.0 Å². The average Bonchev–Trinajstić information content (AvgIpc) is 2.96. The van der Waals surface area contributed by atoms with Gasteiger partial charge in [-0.1, -0.05) is 12.1 Å². The van der Waals surface area contributed by atoms with Gasteiger partial charge < -0.3 is 14.8 Å². The summed E-state index contributed by atoms with van der Waals surface area (Å²) in [6, 6.07) is 12.9. The lowest BCUT2D eigenvalue weighted by Gasteiger charge is -2.07. The number of nitrogens with zero attached hydrogens (tertiary/aromatic N) is 1. The molecular formula is C18H17N3O6S. The Morgan fingerprint density at radius 3 is 2.54 bits per heavy atom. The van der Waals surface area contributed by atoms with E-state index in [9.17, 15) is 18.0 Å². The number of sulfonamides is 1. The van der Waals surface area contributed by atoms with Gasteiger partial charge in [-0.15, -0.1) is 0 Å². The molecule has 0 saturated carbocycles. The maximum Gasteiger partial charge on any atom is 0.328 e. The number of carbonyl (C=O) groups excluding carboxylic acids is 2. The summed E-state index contributed by atoms with van der Waals surface area (Å²) in [5.41, 5.74) is 0.909. The van der Waals surface area contributed by atoms with E-state index in [0.29, 0.717) is 17.0 Å². The van der Waals surface area contributed by atoms with E-state index in [1.807, 2.05) is 0 Å². The van der Waals surface area contributed by atoms with Crippen LogP contribution in [0.4, 0.5) is 5.69 Å². The van der Waals surface area contributed by atoms with Gasteiger partial charge in [0.2, 0.25) is 0 Å². The Balaban J connectivity index is 1.52. The Hall–Kier alpha value is -3.40. The predicted molar refractivity (Wildman–Crippen MR) is 101 cm³/mol. The van der Waals surface area contributed by atoms with Crippen LogP contribution >= 0.6 is 0 Å². The number of amides is 1. The standard InChI is InChI=1S/C18H17N3O6S/c1-26-13-8-6-12(7-9-13)20-16(22)11-27-17(23)10-19-18-14-4-2-3-5-15(14)28(24,25)21-18/h2-9H,10-11H2,1H3,(H,19,21)(H,20,22). The lowest BCUT2D eigenvalue weighted by atomic mass is 10.2. The molecule has 2 N–H and O–H groups in total. The van der Waals surface area contributed by atoms with E-state index in [1.54, 1.807) is 42.5 Å². The number of benzene rings is 2. The van der Waals surface area contributed by atoms with Crippen LogP contribution in [0.5, 0.6) is 5.75 Å². The zero-order valence-corrected chi connectivity index (χ0v) is 15.7. The zero-order valence-electron chi connectivity index (χ0n) is 14.8. The number of hydrogen-bond acceptors (Lipinski definition) is 7. The van der Waals surface area contributed by atoms with Gasteiger partial charge in [-0.2, -0.15) is 0 Å². The average molecular weight is 403 g/mol. The number of methoxy groups -OCH3 is 1. The van der Waals surface area contributed by atoms with E-state index in [-0.39, 0.29) is 10.7 Å². The minimum Gasteiger partial charge on any atom is -0.497 e. The molecule has 0 fully saturated rings. The summed E-state index contributed by atoms with van der Waals surface area (Å²) in [5, 5.41) is 2.57. The lowest BCUT2D eigenvalue weighted by Crippen LogP contribution is -2.25. The Kier molecular flexibility index (Phi) is 5.59. The molecule has 28 heavy (non-hydrogen) atoms. The van der Waals surface area contributed by atoms with E-state index in [2.05, 4.69) is 15.0 Å². The molecule has 0 unspecified atom stereocenters. The van der Waals surface area contributed by atoms with E-state index in [4.69, 9.17) is 9.47 Å². The van der Waals surface area contributed by atoms with Crippen LogP contribution in [0.15, 0.2) is 58.4 Å². The van der Waals surface area contributed by atoms with Gasteiger partial charge >= 0.3 is 5.97 Å². The van der Waals surface area contributed by atoms with Crippen LogP contribution in [0, 0.1) is 0 Å². The van der Waals surface area contributed by atoms with Crippen LogP contribution in [-0.2, 0) is 24.3 Å². The summed E-state index contributed by atoms with van der Waals surface area (Å²) >= 11 is 0. The smallest absolute Gasteiger partial charge is 0.328 e. The number of anilines is 1. The minimum absolute atomic E-state index is 0.0650. The van der Waals surface area contributed by atoms with Gasteiger partial charge in [0.15, 0.2) is 6.61 Å². The molecule has 0 radical (unpaired) electrons. The second-order valence-corrected chi connectivity index (χ2v) is 7.35. The van der Waals surface area contributed by atoms with Crippen molar-refractivity contribution in [2.75, 3.05) is 25.6 Å². The Morgan fingerprint density at radius 1 is 1.11 bits per heavy atom. The Bertz CT molecular complexity index is 1030. The Labute approximate surface area is 161 Å². The van der Waals surface area contributed by atoms with Crippen LogP contribution in [0.2, 0.25) is 0 Å². The number of esters is 1. The monoisotopic (exact) mass is 403 g/mol. The van der Waals surface area contributed by atoms with Crippen molar-refractivity contribution >= 4 is 33.4 Å². The van der Waals surface area contributed by atoms with Crippen molar-refractivity contribution in [2.24, 2.45) is 4.99 Å². The molecule has 0 spiro atoms. The van der Waals surface area contributed by atoms with Gasteiger partial charge in [-0.05, 0) is 36.4 Å². The SMILES string of the molecule is COc1ccc(NC(=O)COC(=O)CN=C2NS(=O)(=O)c3ccccc32)cc1. The first-order valence-corrected chi connectivity index (χ1v) is 9.63. The van der Waals surface area contributed by atoms with Crippen LogP contribution in [0.25, 0.3) is 0 Å². The van der Waals surface area contributed by atoms with Crippen molar-refractivity contribution in [2.45, 2.75) is 4.90 Å². The molecule has 10 heteroatoms. The number of fused-ring (bicyclic) bond motifs is 1. The van der Waals surface area contributed by atoms with Gasteiger partial charge in [-0.3, -0.25) is 19.3 Å². The molecule has 2 aromatic carbocycles. The quantitative estimate of drug-likeness (QED) is 0.692. The van der Waals surface area contributed by atoms with Crippen LogP contribution in [0.1, 0.15) is 5.56 Å². The first kappa shape index (κ1) is 19.4. The van der Waals surface area contributed by atoms with Crippen LogP contribution in [0.3, 0.4) is 0 Å². The van der Waals surface area contributed by atoms with Gasteiger partial charge in [0.1, 0.15) is 18.1 Å². The maximum atomic E-state index is 12.0. The summed E-state index contributed by atoms with van der Waals surface area (Å²) in [6.45, 7) is -0.917. The number of ether oxygens (including phenoxy) is 2. The maximum absolute atomic E-state index is 12.0. The normalized spacial score (nSPS) is 15.4. The van der Waals surface area contributed by atoms with E-state index < -0.39 is 35.1 Å². The molecule has 1 aliphatic rings. The molecule has 0 aromatic heterocycles. The number of carbonyl (C=O) groups is 2. The minimum atomic E-state index is -3.67. The number of hydrogen-bond donors (Lipinski definition) is 2. The number of amidine groups is 1. The highest BCUT2D eigenvalue weighted by Gasteiger charge is 2.30. The topological polar surface area (TPSA) is 123 Å². The molecule has 1 heterocycles. The van der Waals surface area contributed by atoms with Crippen molar-refractivity contribution < 1.29 is 27.5 Å². The molecule has 0 saturated heterocycles. The van der Waals surface area contributed by atoms with Crippen molar-refractivity contribution in [3.63, 3.8) is 0 Å². The fraction of sp³-hybridized carbons (Fsp3) is 0.167. The van der Waals surface area contributed by atoms with E-state index in [1.165, 1.54) is 13.2 Å². The summed E-state index contributed by atoms with van der Waals surface area (Å²) in [7, 11) is -2.14. The number of rotatable bonds is 6. The lowest BCUT2D eigenvalue weighted by molar-refractivity contribution is -0.145. The van der Waals surface area contributed by atoms with Crippen molar-refractivity contribution in [1.82, 2.24) is 4.72 Å². The summed E-state index contributed by atoms with van der Waals surface area (Å²) in [6.07, 6.45) is 0. The fourth-order valence-electron chi connectivity index (χ4n) is 2.46. The summed E-state index contributed by atoms with van der Waals surface area (Å²) < 4.78 is 36.1. The fourth-order valence-corrected chi connectivity index (χ4v) is 3.71. The molecule has 0 bridgehead atoms. The molecule has 0 aliphatic carbocycles. The second kappa shape index (κ2) is 8.09. The predicted octanol–water partition coefficient (Wildman–Crippen LogP) is 0.916. The third-order valence-electron chi connectivity index (χ3n) is 3.77. The molecule has 3 rings (SSSR count). The van der Waals surface area contributed by atoms with E-state index in [0.717, 1.165) is 0 Å². The van der Waals surface area contributed by atoms with Crippen LogP contribution in [-0.4, -0.2) is 46.4 Å². The summed E-state index contributed by atoms with van der Waals surface area (Å²) in [4.78, 5) is 27.7. The second-order valence-electron chi connectivity index (χ2n) is 5.70. The molecule has 1 aliphatic heterocycles. The van der Waals surface area contributed by atoms with Gasteiger partial charge in [-0.25, -0.2) is 8.42 Å². The highest BCUT2D eigenvalue weighted by Crippen LogP contribution is 2.22. The van der Waals surface area contributed by atoms with Crippen molar-refractivity contribution in [3.8, 4) is 5.75 Å². The van der Waals surface area contributed by atoms with Gasteiger partial charge in [0, 0.05) is 11.3 Å². The zero-order chi connectivity index (χ0) is 20.1. The van der Waals surface area contributed by atoms with Crippen molar-refractivity contribution in [3.05, 3.63) is 54.1 Å². The molecule has 0 atom stereocenters. The first-order valence-electron chi connectivity index (χ1n) is 8.15. The first-order chi connectivity index (χ1) is 13.4. The van der Waals surface area contributed by atoms with Gasteiger partial charge in [0.25, 0.3) is 15.9 Å². The highest BCUT2D eigenvalue weighted by molar-refractivity contribution is 7.90. The molecule has 9 nitrogen and oxygen atoms in total. The number of aliphatic imine (C=N–C) groups is 1. The highest BCUT2D eigenvalue weighted by atomic mass is 32.2. The Morgan fingerprint density at radius 2 is 1.82 bits per heavy atom. The number of nitrogens with one attached hydrogen (secondary N) is 2. The molecule has 2 aromatic rings. The van der Waals surface area contributed by atoms with Crippen LogP contribution < -0.4 is 14.8 Å². The third kappa shape index (κ3) is 4.46. The molecule has 146 valence electrons.